The minimum absolute atomic E-state index is 0.00820. The predicted octanol–water partition coefficient (Wildman–Crippen LogP) is 3.25. The largest absolute Gasteiger partial charge is 0.497 e. The Hall–Kier alpha value is -3.23. The van der Waals surface area contributed by atoms with E-state index in [-0.39, 0.29) is 24.4 Å². The Bertz CT molecular complexity index is 1080. The Kier molecular flexibility index (Phi) is 8.72. The van der Waals surface area contributed by atoms with Gasteiger partial charge in [-0.05, 0) is 24.6 Å². The van der Waals surface area contributed by atoms with E-state index in [1.165, 1.54) is 0 Å². The highest BCUT2D eigenvalue weighted by atomic mass is 16.5. The van der Waals surface area contributed by atoms with Gasteiger partial charge in [-0.3, -0.25) is 14.5 Å². The van der Waals surface area contributed by atoms with Gasteiger partial charge in [-0.1, -0.05) is 48.9 Å². The molecule has 2 aromatic rings. The maximum atomic E-state index is 13.6. The molecule has 0 N–H and O–H groups in total. The van der Waals surface area contributed by atoms with Crippen LogP contribution in [0.15, 0.2) is 53.6 Å². The third kappa shape index (κ3) is 6.30. The first-order chi connectivity index (χ1) is 17.5. The zero-order valence-electron chi connectivity index (χ0n) is 21.5. The zero-order valence-corrected chi connectivity index (χ0v) is 21.5. The number of aryl methyl sites for hydroxylation is 1. The summed E-state index contributed by atoms with van der Waals surface area (Å²) in [4.78, 5) is 30.3. The molecule has 0 radical (unpaired) electrons. The van der Waals surface area contributed by atoms with Crippen molar-refractivity contribution in [1.82, 2.24) is 14.8 Å². The lowest BCUT2D eigenvalue weighted by atomic mass is 9.97. The van der Waals surface area contributed by atoms with Crippen LogP contribution in [0.3, 0.4) is 0 Å². The quantitative estimate of drug-likeness (QED) is 0.537. The van der Waals surface area contributed by atoms with Crippen LogP contribution in [-0.4, -0.2) is 85.4 Å². The van der Waals surface area contributed by atoms with Crippen LogP contribution < -0.4 is 4.74 Å². The number of hydrogen-bond donors (Lipinski definition) is 0. The Labute approximate surface area is 213 Å². The van der Waals surface area contributed by atoms with Crippen molar-refractivity contribution >= 4 is 17.5 Å². The molecule has 2 heterocycles. The lowest BCUT2D eigenvalue weighted by Gasteiger charge is -2.31. The lowest BCUT2D eigenvalue weighted by molar-refractivity contribution is -0.141. The van der Waals surface area contributed by atoms with Gasteiger partial charge in [0.1, 0.15) is 12.3 Å². The number of ether oxygens (including phenoxy) is 2. The number of nitrogens with zero attached hydrogens (tertiary/aromatic N) is 4. The van der Waals surface area contributed by atoms with Gasteiger partial charge in [0.2, 0.25) is 5.91 Å². The summed E-state index contributed by atoms with van der Waals surface area (Å²) < 4.78 is 10.8. The van der Waals surface area contributed by atoms with Crippen molar-refractivity contribution in [2.75, 3.05) is 53.0 Å². The van der Waals surface area contributed by atoms with Crippen LogP contribution in [-0.2, 0) is 14.3 Å². The Morgan fingerprint density at radius 3 is 2.58 bits per heavy atom. The van der Waals surface area contributed by atoms with Gasteiger partial charge in [-0.25, -0.2) is 5.01 Å². The predicted molar refractivity (Wildman–Crippen MR) is 139 cm³/mol. The van der Waals surface area contributed by atoms with E-state index < -0.39 is 0 Å². The SMILES string of the molecule is CCC(=O)N(CCN1CCOCC1)CC(=O)N1N=C(c2cccc(OC)c2)C[C@@H]1c1ccc(C)cc1. The fraction of sp³-hybridized carbons (Fsp3) is 0.464. The molecule has 0 saturated carbocycles. The number of rotatable bonds is 9. The summed E-state index contributed by atoms with van der Waals surface area (Å²) in [7, 11) is 1.64. The fourth-order valence-electron chi connectivity index (χ4n) is 4.60. The molecule has 36 heavy (non-hydrogen) atoms. The molecule has 2 aliphatic heterocycles. The van der Waals surface area contributed by atoms with Gasteiger partial charge in [0, 0.05) is 44.6 Å². The van der Waals surface area contributed by atoms with Gasteiger partial charge in [0.15, 0.2) is 0 Å². The minimum Gasteiger partial charge on any atom is -0.497 e. The molecule has 2 amide bonds. The Morgan fingerprint density at radius 2 is 1.89 bits per heavy atom. The van der Waals surface area contributed by atoms with E-state index in [4.69, 9.17) is 14.6 Å². The maximum absolute atomic E-state index is 13.6. The van der Waals surface area contributed by atoms with Crippen LogP contribution in [0.5, 0.6) is 5.75 Å². The van der Waals surface area contributed by atoms with E-state index in [1.807, 2.05) is 38.1 Å². The van der Waals surface area contributed by atoms with Crippen molar-refractivity contribution in [1.29, 1.82) is 0 Å². The van der Waals surface area contributed by atoms with E-state index in [1.54, 1.807) is 17.0 Å². The molecule has 1 fully saturated rings. The second-order valence-corrected chi connectivity index (χ2v) is 9.27. The zero-order chi connectivity index (χ0) is 25.5. The van der Waals surface area contributed by atoms with Gasteiger partial charge in [0.25, 0.3) is 5.91 Å². The second kappa shape index (κ2) is 12.1. The molecule has 0 spiro atoms. The molecule has 0 aromatic heterocycles. The van der Waals surface area contributed by atoms with Crippen molar-refractivity contribution in [3.63, 3.8) is 0 Å². The average molecular weight is 493 g/mol. The number of hydrazone groups is 1. The minimum atomic E-state index is -0.225. The van der Waals surface area contributed by atoms with Crippen LogP contribution in [0, 0.1) is 6.92 Å². The van der Waals surface area contributed by atoms with E-state index in [9.17, 15) is 9.59 Å². The molecular weight excluding hydrogens is 456 g/mol. The first-order valence-electron chi connectivity index (χ1n) is 12.7. The third-order valence-corrected chi connectivity index (χ3v) is 6.80. The number of morpholine rings is 1. The van der Waals surface area contributed by atoms with Crippen LogP contribution >= 0.6 is 0 Å². The Morgan fingerprint density at radius 1 is 1.14 bits per heavy atom. The van der Waals surface area contributed by atoms with E-state index in [0.29, 0.717) is 32.6 Å². The standard InChI is InChI=1S/C28H36N4O4/c1-4-27(33)31(13-12-30-14-16-36-17-15-30)20-28(34)32-26(22-10-8-21(2)9-11-22)19-25(29-32)23-6-5-7-24(18-23)35-3/h5-11,18,26H,4,12-17,19-20H2,1-3H3/t26-/m1/s1. The van der Waals surface area contributed by atoms with Crippen molar-refractivity contribution in [2.24, 2.45) is 5.10 Å². The van der Waals surface area contributed by atoms with E-state index in [0.717, 1.165) is 47.8 Å². The lowest BCUT2D eigenvalue weighted by Crippen LogP contribution is -2.46. The van der Waals surface area contributed by atoms with Crippen molar-refractivity contribution in [3.05, 3.63) is 65.2 Å². The van der Waals surface area contributed by atoms with Crippen molar-refractivity contribution in [3.8, 4) is 5.75 Å². The first kappa shape index (κ1) is 25.9. The van der Waals surface area contributed by atoms with Crippen LogP contribution in [0.4, 0.5) is 0 Å². The highest BCUT2D eigenvalue weighted by Gasteiger charge is 2.34. The van der Waals surface area contributed by atoms with Gasteiger partial charge >= 0.3 is 0 Å². The molecule has 0 aliphatic carbocycles. The second-order valence-electron chi connectivity index (χ2n) is 9.27. The molecule has 1 saturated heterocycles. The summed E-state index contributed by atoms with van der Waals surface area (Å²) in [5.74, 6) is 0.539. The van der Waals surface area contributed by atoms with Gasteiger partial charge in [-0.2, -0.15) is 5.10 Å². The smallest absolute Gasteiger partial charge is 0.262 e. The molecule has 0 bridgehead atoms. The summed E-state index contributed by atoms with van der Waals surface area (Å²) in [5, 5.41) is 6.36. The molecule has 2 aliphatic rings. The summed E-state index contributed by atoms with van der Waals surface area (Å²) >= 11 is 0. The monoisotopic (exact) mass is 492 g/mol. The number of amides is 2. The molecule has 1 atom stereocenters. The van der Waals surface area contributed by atoms with E-state index >= 15 is 0 Å². The molecule has 8 heteroatoms. The molecular formula is C28H36N4O4. The van der Waals surface area contributed by atoms with Crippen LogP contribution in [0.1, 0.15) is 42.5 Å². The normalized spacial score (nSPS) is 18.1. The molecule has 0 unspecified atom stereocenters. The third-order valence-electron chi connectivity index (χ3n) is 6.80. The fourth-order valence-corrected chi connectivity index (χ4v) is 4.60. The van der Waals surface area contributed by atoms with Crippen LogP contribution in [0.2, 0.25) is 0 Å². The number of methoxy groups -OCH3 is 1. The summed E-state index contributed by atoms with van der Waals surface area (Å²) in [5.41, 5.74) is 3.94. The number of carbonyl (C=O) groups excluding carboxylic acids is 2. The number of hydrogen-bond acceptors (Lipinski definition) is 6. The topological polar surface area (TPSA) is 74.7 Å². The highest BCUT2D eigenvalue weighted by Crippen LogP contribution is 2.33. The van der Waals surface area contributed by atoms with Gasteiger partial charge in [0.05, 0.1) is 32.1 Å². The van der Waals surface area contributed by atoms with Gasteiger partial charge < -0.3 is 14.4 Å². The average Bonchev–Trinajstić information content (AvgIpc) is 3.37. The first-order valence-corrected chi connectivity index (χ1v) is 12.7. The van der Waals surface area contributed by atoms with Crippen LogP contribution in [0.25, 0.3) is 0 Å². The number of benzene rings is 2. The summed E-state index contributed by atoms with van der Waals surface area (Å²) in [6.07, 6.45) is 0.952. The van der Waals surface area contributed by atoms with Crippen molar-refractivity contribution < 1.29 is 19.1 Å². The summed E-state index contributed by atoms with van der Waals surface area (Å²) in [6.45, 7) is 8.21. The molecule has 8 nitrogen and oxygen atoms in total. The summed E-state index contributed by atoms with van der Waals surface area (Å²) in [6, 6.07) is 15.7. The molecule has 4 rings (SSSR count). The number of carbonyl (C=O) groups is 2. The highest BCUT2D eigenvalue weighted by molar-refractivity contribution is 6.03. The van der Waals surface area contributed by atoms with Gasteiger partial charge in [-0.15, -0.1) is 0 Å². The molecule has 2 aromatic carbocycles. The van der Waals surface area contributed by atoms with E-state index in [2.05, 4.69) is 29.2 Å². The molecule has 192 valence electrons. The van der Waals surface area contributed by atoms with Crippen molar-refractivity contribution in [2.45, 2.75) is 32.7 Å². The Balaban J connectivity index is 1.55. The maximum Gasteiger partial charge on any atom is 0.262 e.